The summed E-state index contributed by atoms with van der Waals surface area (Å²) in [5.74, 6) is 0.768. The van der Waals surface area contributed by atoms with Crippen molar-refractivity contribution in [2.24, 2.45) is 0 Å². The van der Waals surface area contributed by atoms with E-state index in [2.05, 4.69) is 20.0 Å². The number of halogens is 1. The Labute approximate surface area is 135 Å². The summed E-state index contributed by atoms with van der Waals surface area (Å²) in [6.45, 7) is 0.0534. The molecule has 4 rings (SSSR count). The topological polar surface area (TPSA) is 89.2 Å². The van der Waals surface area contributed by atoms with Gasteiger partial charge in [-0.3, -0.25) is 0 Å². The van der Waals surface area contributed by atoms with Crippen molar-refractivity contribution in [1.82, 2.24) is 24.5 Å². The summed E-state index contributed by atoms with van der Waals surface area (Å²) in [5.41, 5.74) is 0. The van der Waals surface area contributed by atoms with Crippen LogP contribution in [0, 0.1) is 5.82 Å². The van der Waals surface area contributed by atoms with Crippen molar-refractivity contribution in [3.05, 3.63) is 40.9 Å². The Morgan fingerprint density at radius 1 is 1.26 bits per heavy atom. The molecule has 0 saturated heterocycles. The molecular weight excluding hydrogens is 341 g/mol. The van der Waals surface area contributed by atoms with Crippen LogP contribution in [0.1, 0.15) is 29.6 Å². The molecule has 10 heteroatoms. The van der Waals surface area contributed by atoms with E-state index in [-0.39, 0.29) is 11.4 Å². The first-order valence-electron chi connectivity index (χ1n) is 6.99. The fraction of sp³-hybridized carbons (Fsp3) is 0.308. The Hall–Kier alpha value is -1.91. The predicted molar refractivity (Wildman–Crippen MR) is 81.1 cm³/mol. The molecule has 0 bridgehead atoms. The van der Waals surface area contributed by atoms with Gasteiger partial charge in [0, 0.05) is 5.92 Å². The van der Waals surface area contributed by atoms with Gasteiger partial charge in [-0.05, 0) is 37.1 Å². The van der Waals surface area contributed by atoms with Crippen LogP contribution in [0.5, 0.6) is 0 Å². The van der Waals surface area contributed by atoms with Gasteiger partial charge >= 0.3 is 0 Å². The zero-order chi connectivity index (χ0) is 16.0. The number of rotatable bonds is 5. The van der Waals surface area contributed by atoms with Crippen LogP contribution in [-0.4, -0.2) is 28.2 Å². The Bertz CT molecular complexity index is 960. The van der Waals surface area contributed by atoms with Crippen LogP contribution in [0.3, 0.4) is 0 Å². The molecule has 1 N–H and O–H groups in total. The monoisotopic (exact) mass is 353 g/mol. The Kier molecular flexibility index (Phi) is 3.39. The van der Waals surface area contributed by atoms with Crippen LogP contribution >= 0.6 is 11.3 Å². The van der Waals surface area contributed by atoms with Crippen LogP contribution in [0.2, 0.25) is 0 Å². The number of aromatic nitrogens is 4. The van der Waals surface area contributed by atoms with Gasteiger partial charge in [0.25, 0.3) is 0 Å². The summed E-state index contributed by atoms with van der Waals surface area (Å²) < 4.78 is 41.4. The minimum Gasteiger partial charge on any atom is -0.207 e. The lowest BCUT2D eigenvalue weighted by atomic mass is 10.4. The highest BCUT2D eigenvalue weighted by molar-refractivity contribution is 7.89. The standard InChI is InChI=1S/C13H12FN5O2S2/c14-9-3-5-10(6-4-9)23(20,21)15-7-11-18-19-12(8-1-2-8)16-17-13(19)22-11/h3-6,8,15H,1-2,7H2. The van der Waals surface area contributed by atoms with E-state index in [0.29, 0.717) is 15.9 Å². The number of fused-ring (bicyclic) bond motifs is 1. The van der Waals surface area contributed by atoms with Crippen molar-refractivity contribution in [1.29, 1.82) is 0 Å². The molecule has 120 valence electrons. The maximum atomic E-state index is 12.9. The molecule has 1 fully saturated rings. The molecule has 0 radical (unpaired) electrons. The zero-order valence-corrected chi connectivity index (χ0v) is 13.4. The Balaban J connectivity index is 1.53. The van der Waals surface area contributed by atoms with Crippen LogP contribution < -0.4 is 4.72 Å². The molecule has 0 amide bonds. The van der Waals surface area contributed by atoms with Gasteiger partial charge in [0.1, 0.15) is 10.8 Å². The fourth-order valence-corrected chi connectivity index (χ4v) is 4.05. The van der Waals surface area contributed by atoms with Crippen LogP contribution in [0.15, 0.2) is 29.2 Å². The highest BCUT2D eigenvalue weighted by Gasteiger charge is 2.30. The van der Waals surface area contributed by atoms with Gasteiger partial charge in [0.05, 0.1) is 11.4 Å². The number of nitrogens with one attached hydrogen (secondary N) is 1. The minimum atomic E-state index is -3.71. The van der Waals surface area contributed by atoms with E-state index in [1.54, 1.807) is 4.52 Å². The van der Waals surface area contributed by atoms with E-state index < -0.39 is 15.8 Å². The summed E-state index contributed by atoms with van der Waals surface area (Å²) in [4.78, 5) is 0.670. The van der Waals surface area contributed by atoms with E-state index in [1.165, 1.54) is 23.5 Å². The lowest BCUT2D eigenvalue weighted by Crippen LogP contribution is -2.23. The molecule has 0 atom stereocenters. The zero-order valence-electron chi connectivity index (χ0n) is 11.8. The van der Waals surface area contributed by atoms with E-state index in [9.17, 15) is 12.8 Å². The van der Waals surface area contributed by atoms with E-state index >= 15 is 0 Å². The highest BCUT2D eigenvalue weighted by Crippen LogP contribution is 2.39. The number of benzene rings is 1. The number of nitrogens with zero attached hydrogens (tertiary/aromatic N) is 4. The lowest BCUT2D eigenvalue weighted by Gasteiger charge is -2.04. The minimum absolute atomic E-state index is 0.0144. The van der Waals surface area contributed by atoms with Crippen LogP contribution in [-0.2, 0) is 16.6 Å². The molecule has 2 aromatic heterocycles. The van der Waals surface area contributed by atoms with E-state index in [4.69, 9.17) is 0 Å². The molecular formula is C13H12FN5O2S2. The third kappa shape index (κ3) is 2.84. The molecule has 2 heterocycles. The molecule has 1 aliphatic carbocycles. The quantitative estimate of drug-likeness (QED) is 0.754. The second kappa shape index (κ2) is 5.32. The van der Waals surface area contributed by atoms with Gasteiger partial charge in [-0.15, -0.1) is 10.2 Å². The molecule has 1 aliphatic rings. The van der Waals surface area contributed by atoms with Crippen molar-refractivity contribution >= 4 is 26.3 Å². The summed E-state index contributed by atoms with van der Waals surface area (Å²) in [7, 11) is -3.71. The molecule has 0 unspecified atom stereocenters. The first kappa shape index (κ1) is 14.7. The van der Waals surface area contributed by atoms with E-state index in [1.807, 2.05) is 0 Å². The largest absolute Gasteiger partial charge is 0.240 e. The van der Waals surface area contributed by atoms with Gasteiger partial charge in [-0.1, -0.05) is 11.3 Å². The molecule has 0 aliphatic heterocycles. The average Bonchev–Trinajstić information content (AvgIpc) is 3.16. The third-order valence-electron chi connectivity index (χ3n) is 3.54. The van der Waals surface area contributed by atoms with E-state index in [0.717, 1.165) is 30.8 Å². The smallest absolute Gasteiger partial charge is 0.207 e. The highest BCUT2D eigenvalue weighted by atomic mass is 32.2. The van der Waals surface area contributed by atoms with Crippen LogP contribution in [0.4, 0.5) is 4.39 Å². The van der Waals surface area contributed by atoms with Crippen molar-refractivity contribution in [2.75, 3.05) is 0 Å². The SMILES string of the molecule is O=S(=O)(NCc1nn2c(C3CC3)nnc2s1)c1ccc(F)cc1. The van der Waals surface area contributed by atoms with Crippen molar-refractivity contribution < 1.29 is 12.8 Å². The summed E-state index contributed by atoms with van der Waals surface area (Å²) >= 11 is 1.29. The maximum Gasteiger partial charge on any atom is 0.240 e. The molecule has 1 saturated carbocycles. The molecule has 3 aromatic rings. The molecule has 23 heavy (non-hydrogen) atoms. The predicted octanol–water partition coefficient (Wildman–Crippen LogP) is 1.68. The average molecular weight is 353 g/mol. The van der Waals surface area contributed by atoms with Crippen LogP contribution in [0.25, 0.3) is 4.96 Å². The van der Waals surface area contributed by atoms with Gasteiger partial charge in [0.2, 0.25) is 15.0 Å². The van der Waals surface area contributed by atoms with Gasteiger partial charge in [-0.25, -0.2) is 17.5 Å². The van der Waals surface area contributed by atoms with Gasteiger partial charge in [-0.2, -0.15) is 9.61 Å². The first-order valence-corrected chi connectivity index (χ1v) is 9.29. The Morgan fingerprint density at radius 2 is 2.00 bits per heavy atom. The van der Waals surface area contributed by atoms with Crippen molar-refractivity contribution in [3.8, 4) is 0 Å². The molecule has 0 spiro atoms. The second-order valence-electron chi connectivity index (χ2n) is 5.30. The Morgan fingerprint density at radius 3 is 2.70 bits per heavy atom. The van der Waals surface area contributed by atoms with Crippen molar-refractivity contribution in [3.63, 3.8) is 0 Å². The summed E-state index contributed by atoms with van der Waals surface area (Å²) in [6.07, 6.45) is 2.18. The van der Waals surface area contributed by atoms with Gasteiger partial charge in [0.15, 0.2) is 5.82 Å². The number of hydrogen-bond donors (Lipinski definition) is 1. The first-order chi connectivity index (χ1) is 11.0. The lowest BCUT2D eigenvalue weighted by molar-refractivity contribution is 0.579. The number of hydrogen-bond acceptors (Lipinski definition) is 6. The van der Waals surface area contributed by atoms with Crippen molar-refractivity contribution in [2.45, 2.75) is 30.2 Å². The molecule has 1 aromatic carbocycles. The number of sulfonamides is 1. The second-order valence-corrected chi connectivity index (χ2v) is 8.11. The fourth-order valence-electron chi connectivity index (χ4n) is 2.19. The summed E-state index contributed by atoms with van der Waals surface area (Å²) in [5, 5.41) is 13.1. The normalized spacial score (nSPS) is 15.3. The van der Waals surface area contributed by atoms with Gasteiger partial charge < -0.3 is 0 Å². The maximum absolute atomic E-state index is 12.9. The molecule has 7 nitrogen and oxygen atoms in total. The summed E-state index contributed by atoms with van der Waals surface area (Å²) in [6, 6.07) is 4.67. The third-order valence-corrected chi connectivity index (χ3v) is 5.85.